The van der Waals surface area contributed by atoms with E-state index in [0.29, 0.717) is 11.3 Å². The summed E-state index contributed by atoms with van der Waals surface area (Å²) in [6.07, 6.45) is 1.55. The number of methoxy groups -OCH3 is 1. The van der Waals surface area contributed by atoms with Crippen molar-refractivity contribution in [2.75, 3.05) is 13.7 Å². The van der Waals surface area contributed by atoms with Gasteiger partial charge in [0.2, 0.25) is 10.0 Å². The zero-order chi connectivity index (χ0) is 15.3. The van der Waals surface area contributed by atoms with Gasteiger partial charge in [0.05, 0.1) is 18.6 Å². The van der Waals surface area contributed by atoms with Crippen molar-refractivity contribution in [3.63, 3.8) is 0 Å². The van der Waals surface area contributed by atoms with Crippen molar-refractivity contribution >= 4 is 10.0 Å². The largest absolute Gasteiger partial charge is 0.496 e. The zero-order valence-electron chi connectivity index (χ0n) is 12.0. The molecule has 0 radical (unpaired) electrons. The lowest BCUT2D eigenvalue weighted by Crippen LogP contribution is -2.37. The molecule has 0 heterocycles. The van der Waals surface area contributed by atoms with Crippen LogP contribution >= 0.6 is 0 Å². The van der Waals surface area contributed by atoms with Gasteiger partial charge in [-0.05, 0) is 32.0 Å². The molecule has 5 nitrogen and oxygen atoms in total. The molecule has 20 heavy (non-hydrogen) atoms. The van der Waals surface area contributed by atoms with Crippen LogP contribution in [0.2, 0.25) is 0 Å². The van der Waals surface area contributed by atoms with E-state index in [1.807, 2.05) is 0 Å². The molecule has 0 fully saturated rings. The summed E-state index contributed by atoms with van der Waals surface area (Å²) < 4.78 is 31.6. The van der Waals surface area contributed by atoms with Crippen molar-refractivity contribution in [2.45, 2.75) is 31.4 Å². The molecule has 0 saturated carbocycles. The van der Waals surface area contributed by atoms with Gasteiger partial charge in [-0.25, -0.2) is 8.42 Å². The van der Waals surface area contributed by atoms with Gasteiger partial charge < -0.3 is 9.84 Å². The maximum Gasteiger partial charge on any atom is 0.243 e. The fraction of sp³-hybridized carbons (Fsp3) is 0.429. The maximum atomic E-state index is 12.6. The molecule has 1 aromatic carbocycles. The van der Waals surface area contributed by atoms with Crippen LogP contribution in [0.5, 0.6) is 5.75 Å². The van der Waals surface area contributed by atoms with E-state index < -0.39 is 10.0 Å². The van der Waals surface area contributed by atoms with Gasteiger partial charge in [0.25, 0.3) is 0 Å². The third-order valence-corrected chi connectivity index (χ3v) is 4.95. The number of aliphatic hydroxyl groups excluding tert-OH is 1. The average Bonchev–Trinajstić information content (AvgIpc) is 2.43. The molecule has 1 rings (SSSR count). The Balaban J connectivity index is 3.30. The summed E-state index contributed by atoms with van der Waals surface area (Å²) in [7, 11) is -2.15. The van der Waals surface area contributed by atoms with Crippen LogP contribution < -0.4 is 4.74 Å². The second-order valence-corrected chi connectivity index (χ2v) is 6.48. The van der Waals surface area contributed by atoms with Crippen molar-refractivity contribution in [2.24, 2.45) is 0 Å². The second kappa shape index (κ2) is 6.88. The van der Waals surface area contributed by atoms with Crippen molar-refractivity contribution < 1.29 is 18.3 Å². The monoisotopic (exact) mass is 299 g/mol. The standard InChI is InChI=1S/C14H21NO4S/c1-5-8-15(11(2)3)20(17,18)13-6-7-14(19-4)12(9-13)10-16/h5-7,9,11,16H,1,8,10H2,2-4H3. The van der Waals surface area contributed by atoms with Crippen molar-refractivity contribution in [3.8, 4) is 5.75 Å². The first-order valence-corrected chi connectivity index (χ1v) is 7.73. The van der Waals surface area contributed by atoms with Gasteiger partial charge in [-0.1, -0.05) is 6.08 Å². The topological polar surface area (TPSA) is 66.8 Å². The van der Waals surface area contributed by atoms with Crippen molar-refractivity contribution in [1.29, 1.82) is 0 Å². The van der Waals surface area contributed by atoms with Gasteiger partial charge in [-0.3, -0.25) is 0 Å². The minimum Gasteiger partial charge on any atom is -0.496 e. The molecular formula is C14H21NO4S. The summed E-state index contributed by atoms with van der Waals surface area (Å²) in [5.74, 6) is 0.464. The van der Waals surface area contributed by atoms with Crippen LogP contribution in [-0.4, -0.2) is 37.5 Å². The molecule has 0 aliphatic heterocycles. The Morgan fingerprint density at radius 3 is 2.55 bits per heavy atom. The number of rotatable bonds is 7. The molecule has 0 atom stereocenters. The Bertz CT molecular complexity index is 567. The Morgan fingerprint density at radius 1 is 1.45 bits per heavy atom. The van der Waals surface area contributed by atoms with Crippen LogP contribution in [0.15, 0.2) is 35.7 Å². The molecule has 0 spiro atoms. The third kappa shape index (κ3) is 3.39. The van der Waals surface area contributed by atoms with Gasteiger partial charge in [0, 0.05) is 18.2 Å². The van der Waals surface area contributed by atoms with Crippen LogP contribution in [0.4, 0.5) is 0 Å². The number of nitrogens with zero attached hydrogens (tertiary/aromatic N) is 1. The summed E-state index contributed by atoms with van der Waals surface area (Å²) in [6.45, 7) is 7.15. The minimum absolute atomic E-state index is 0.137. The molecule has 0 saturated heterocycles. The normalized spacial score (nSPS) is 11.9. The number of benzene rings is 1. The van der Waals surface area contributed by atoms with Gasteiger partial charge in [0.1, 0.15) is 5.75 Å². The second-order valence-electron chi connectivity index (χ2n) is 4.59. The van der Waals surface area contributed by atoms with Crippen molar-refractivity contribution in [3.05, 3.63) is 36.4 Å². The summed E-state index contributed by atoms with van der Waals surface area (Å²) in [6, 6.07) is 4.28. The first-order valence-electron chi connectivity index (χ1n) is 6.29. The van der Waals surface area contributed by atoms with E-state index in [1.54, 1.807) is 26.0 Å². The maximum absolute atomic E-state index is 12.6. The highest BCUT2D eigenvalue weighted by Gasteiger charge is 2.26. The van der Waals surface area contributed by atoms with E-state index in [-0.39, 0.29) is 24.1 Å². The molecule has 0 amide bonds. The summed E-state index contributed by atoms with van der Waals surface area (Å²) in [5.41, 5.74) is 0.441. The molecule has 0 bridgehead atoms. The lowest BCUT2D eigenvalue weighted by atomic mass is 10.2. The van der Waals surface area contributed by atoms with Gasteiger partial charge >= 0.3 is 0 Å². The summed E-state index contributed by atoms with van der Waals surface area (Å²) in [5, 5.41) is 9.29. The van der Waals surface area contributed by atoms with Crippen LogP contribution in [0.3, 0.4) is 0 Å². The quantitative estimate of drug-likeness (QED) is 0.779. The molecule has 0 aliphatic carbocycles. The lowest BCUT2D eigenvalue weighted by molar-refractivity contribution is 0.273. The fourth-order valence-corrected chi connectivity index (χ4v) is 3.55. The Labute approximate surface area is 120 Å². The van der Waals surface area contributed by atoms with Crippen molar-refractivity contribution in [1.82, 2.24) is 4.31 Å². The van der Waals surface area contributed by atoms with E-state index in [4.69, 9.17) is 4.74 Å². The Morgan fingerprint density at radius 2 is 2.10 bits per heavy atom. The molecular weight excluding hydrogens is 278 g/mol. The SMILES string of the molecule is C=CCN(C(C)C)S(=O)(=O)c1ccc(OC)c(CO)c1. The molecule has 1 N–H and O–H groups in total. The van der Waals surface area contributed by atoms with Gasteiger partial charge in [-0.15, -0.1) is 6.58 Å². The number of sulfonamides is 1. The first kappa shape index (κ1) is 16.7. The zero-order valence-corrected chi connectivity index (χ0v) is 12.9. The van der Waals surface area contributed by atoms with Crippen LogP contribution in [0.25, 0.3) is 0 Å². The van der Waals surface area contributed by atoms with E-state index in [1.165, 1.54) is 23.5 Å². The van der Waals surface area contributed by atoms with E-state index in [9.17, 15) is 13.5 Å². The molecule has 112 valence electrons. The molecule has 1 aromatic rings. The van der Waals surface area contributed by atoms with Crippen LogP contribution in [0.1, 0.15) is 19.4 Å². The number of aliphatic hydroxyl groups is 1. The number of hydrogen-bond acceptors (Lipinski definition) is 4. The third-order valence-electron chi connectivity index (χ3n) is 2.91. The molecule has 0 aromatic heterocycles. The lowest BCUT2D eigenvalue weighted by Gasteiger charge is -2.25. The number of ether oxygens (including phenoxy) is 1. The Hall–Kier alpha value is -1.37. The molecule has 0 aliphatic rings. The van der Waals surface area contributed by atoms with Crippen LogP contribution in [-0.2, 0) is 16.6 Å². The highest BCUT2D eigenvalue weighted by atomic mass is 32.2. The minimum atomic E-state index is -3.62. The van der Waals surface area contributed by atoms with E-state index >= 15 is 0 Å². The predicted octanol–water partition coefficient (Wildman–Crippen LogP) is 1.77. The fourth-order valence-electron chi connectivity index (χ4n) is 1.89. The predicted molar refractivity (Wildman–Crippen MR) is 78.1 cm³/mol. The molecule has 6 heteroatoms. The molecule has 0 unspecified atom stereocenters. The number of hydrogen-bond donors (Lipinski definition) is 1. The first-order chi connectivity index (χ1) is 9.38. The van der Waals surface area contributed by atoms with E-state index in [2.05, 4.69) is 6.58 Å². The van der Waals surface area contributed by atoms with Gasteiger partial charge in [-0.2, -0.15) is 4.31 Å². The smallest absolute Gasteiger partial charge is 0.243 e. The average molecular weight is 299 g/mol. The summed E-state index contributed by atoms with van der Waals surface area (Å²) >= 11 is 0. The van der Waals surface area contributed by atoms with Crippen LogP contribution in [0, 0.1) is 0 Å². The Kier molecular flexibility index (Phi) is 5.74. The highest BCUT2D eigenvalue weighted by molar-refractivity contribution is 7.89. The van der Waals surface area contributed by atoms with E-state index in [0.717, 1.165) is 0 Å². The highest BCUT2D eigenvalue weighted by Crippen LogP contribution is 2.25. The summed E-state index contributed by atoms with van der Waals surface area (Å²) in [4.78, 5) is 0.137. The van der Waals surface area contributed by atoms with Gasteiger partial charge in [0.15, 0.2) is 0 Å².